The van der Waals surface area contributed by atoms with Crippen LogP contribution in [0.3, 0.4) is 0 Å². The summed E-state index contributed by atoms with van der Waals surface area (Å²) >= 11 is 0. The van der Waals surface area contributed by atoms with E-state index in [4.69, 9.17) is 4.74 Å². The molecule has 0 saturated carbocycles. The van der Waals surface area contributed by atoms with Gasteiger partial charge in [-0.05, 0) is 45.4 Å². The van der Waals surface area contributed by atoms with Gasteiger partial charge in [0.2, 0.25) is 0 Å². The van der Waals surface area contributed by atoms with Gasteiger partial charge in [-0.2, -0.15) is 5.10 Å². The van der Waals surface area contributed by atoms with Gasteiger partial charge in [-0.3, -0.25) is 5.10 Å². The number of H-pyrrole nitrogens is 1. The summed E-state index contributed by atoms with van der Waals surface area (Å²) in [5, 5.41) is 10.9. The summed E-state index contributed by atoms with van der Waals surface area (Å²) in [7, 11) is 0. The van der Waals surface area contributed by atoms with Crippen molar-refractivity contribution in [1.29, 1.82) is 0 Å². The molecular weight excluding hydrogens is 262 g/mol. The number of hydrogen-bond acceptors (Lipinski definition) is 3. The van der Waals surface area contributed by atoms with Crippen LogP contribution in [0.15, 0.2) is 18.2 Å². The smallest absolute Gasteiger partial charge is 0.140 e. The first-order chi connectivity index (χ1) is 10.0. The summed E-state index contributed by atoms with van der Waals surface area (Å²) in [5.74, 6) is 0.958. The van der Waals surface area contributed by atoms with E-state index in [9.17, 15) is 0 Å². The van der Waals surface area contributed by atoms with Gasteiger partial charge in [0, 0.05) is 17.8 Å². The number of nitrogens with one attached hydrogen (secondary N) is 2. The Morgan fingerprint density at radius 2 is 1.90 bits per heavy atom. The number of ether oxygens (including phenoxy) is 1. The van der Waals surface area contributed by atoms with Crippen LogP contribution in [0.2, 0.25) is 0 Å². The van der Waals surface area contributed by atoms with Crippen molar-refractivity contribution in [2.45, 2.75) is 47.3 Å². The largest absolute Gasteiger partial charge is 0.484 e. The fourth-order valence-corrected chi connectivity index (χ4v) is 2.50. The van der Waals surface area contributed by atoms with Gasteiger partial charge < -0.3 is 10.1 Å². The number of para-hydroxylation sites is 1. The van der Waals surface area contributed by atoms with E-state index in [1.54, 1.807) is 0 Å². The Balaban J connectivity index is 2.22. The molecule has 21 heavy (non-hydrogen) atoms. The maximum atomic E-state index is 6.19. The van der Waals surface area contributed by atoms with Crippen LogP contribution in [-0.2, 0) is 6.54 Å². The Labute approximate surface area is 126 Å². The Kier molecular flexibility index (Phi) is 5.02. The van der Waals surface area contributed by atoms with Gasteiger partial charge in [0.05, 0.1) is 0 Å². The molecule has 0 aliphatic carbocycles. The Hall–Kier alpha value is -1.81. The number of aryl methyl sites for hydroxylation is 3. The predicted octanol–water partition coefficient (Wildman–Crippen LogP) is 3.58. The average Bonchev–Trinajstić information content (AvgIpc) is 2.82. The second kappa shape index (κ2) is 6.76. The Bertz CT molecular complexity index is 584. The third-order valence-electron chi connectivity index (χ3n) is 3.75. The normalized spacial score (nSPS) is 12.4. The van der Waals surface area contributed by atoms with Crippen molar-refractivity contribution in [1.82, 2.24) is 15.5 Å². The molecule has 1 heterocycles. The minimum absolute atomic E-state index is 0.0802. The van der Waals surface area contributed by atoms with Crippen LogP contribution in [0.25, 0.3) is 0 Å². The van der Waals surface area contributed by atoms with E-state index in [-0.39, 0.29) is 6.10 Å². The molecule has 1 atom stereocenters. The van der Waals surface area contributed by atoms with Crippen molar-refractivity contribution in [2.75, 3.05) is 6.54 Å². The highest BCUT2D eigenvalue weighted by molar-refractivity contribution is 5.40. The molecule has 114 valence electrons. The number of aromatic nitrogens is 2. The molecular formula is C17H25N3O. The third kappa shape index (κ3) is 3.45. The van der Waals surface area contributed by atoms with Crippen molar-refractivity contribution >= 4 is 0 Å². The fraction of sp³-hybridized carbons (Fsp3) is 0.471. The molecule has 0 aliphatic rings. The molecule has 0 aliphatic heterocycles. The first kappa shape index (κ1) is 15.6. The number of aromatic amines is 1. The fourth-order valence-electron chi connectivity index (χ4n) is 2.50. The zero-order chi connectivity index (χ0) is 15.4. The molecule has 1 aromatic carbocycles. The van der Waals surface area contributed by atoms with Crippen LogP contribution in [-0.4, -0.2) is 16.7 Å². The standard InChI is InChI=1S/C17H25N3O/c1-6-18-10-15-13(4)19-20-16(15)14(5)21-17-11(2)8-7-9-12(17)3/h7-9,14,18H,6,10H2,1-5H3,(H,19,20). The van der Waals surface area contributed by atoms with Gasteiger partial charge >= 0.3 is 0 Å². The minimum Gasteiger partial charge on any atom is -0.484 e. The molecule has 0 amide bonds. The Morgan fingerprint density at radius 1 is 1.24 bits per heavy atom. The first-order valence-electron chi connectivity index (χ1n) is 7.51. The van der Waals surface area contributed by atoms with Crippen LogP contribution < -0.4 is 10.1 Å². The molecule has 4 heteroatoms. The van der Waals surface area contributed by atoms with Gasteiger partial charge in [-0.25, -0.2) is 0 Å². The van der Waals surface area contributed by atoms with E-state index in [0.717, 1.165) is 41.4 Å². The number of hydrogen-bond donors (Lipinski definition) is 2. The second-order valence-corrected chi connectivity index (χ2v) is 5.47. The van der Waals surface area contributed by atoms with Crippen molar-refractivity contribution in [3.05, 3.63) is 46.3 Å². The molecule has 1 aromatic heterocycles. The van der Waals surface area contributed by atoms with Crippen LogP contribution in [0.1, 0.15) is 48.0 Å². The van der Waals surface area contributed by atoms with E-state index in [1.165, 1.54) is 5.56 Å². The SMILES string of the molecule is CCNCc1c(C(C)Oc2c(C)cccc2C)n[nH]c1C. The van der Waals surface area contributed by atoms with E-state index in [2.05, 4.69) is 68.3 Å². The lowest BCUT2D eigenvalue weighted by Crippen LogP contribution is -2.15. The van der Waals surface area contributed by atoms with Crippen LogP contribution in [0.4, 0.5) is 0 Å². The first-order valence-corrected chi connectivity index (χ1v) is 7.51. The summed E-state index contributed by atoms with van der Waals surface area (Å²) in [6, 6.07) is 6.20. The zero-order valence-corrected chi connectivity index (χ0v) is 13.6. The van der Waals surface area contributed by atoms with Gasteiger partial charge in [-0.15, -0.1) is 0 Å². The molecule has 2 aromatic rings. The van der Waals surface area contributed by atoms with Gasteiger partial charge in [0.15, 0.2) is 0 Å². The highest BCUT2D eigenvalue weighted by Gasteiger charge is 2.19. The average molecular weight is 287 g/mol. The highest BCUT2D eigenvalue weighted by atomic mass is 16.5. The minimum atomic E-state index is -0.0802. The summed E-state index contributed by atoms with van der Waals surface area (Å²) in [6.45, 7) is 12.1. The lowest BCUT2D eigenvalue weighted by atomic mass is 10.1. The monoisotopic (exact) mass is 287 g/mol. The van der Waals surface area contributed by atoms with Gasteiger partial charge in [-0.1, -0.05) is 25.1 Å². The third-order valence-corrected chi connectivity index (χ3v) is 3.75. The van der Waals surface area contributed by atoms with Crippen molar-refractivity contribution in [3.8, 4) is 5.75 Å². The van der Waals surface area contributed by atoms with E-state index < -0.39 is 0 Å². The molecule has 0 radical (unpaired) electrons. The number of benzene rings is 1. The summed E-state index contributed by atoms with van der Waals surface area (Å²) in [4.78, 5) is 0. The highest BCUT2D eigenvalue weighted by Crippen LogP contribution is 2.29. The van der Waals surface area contributed by atoms with E-state index >= 15 is 0 Å². The van der Waals surface area contributed by atoms with Crippen LogP contribution >= 0.6 is 0 Å². The van der Waals surface area contributed by atoms with Crippen LogP contribution in [0.5, 0.6) is 5.75 Å². The molecule has 0 bridgehead atoms. The van der Waals surface area contributed by atoms with Gasteiger partial charge in [0.25, 0.3) is 0 Å². The van der Waals surface area contributed by atoms with E-state index in [0.29, 0.717) is 0 Å². The maximum Gasteiger partial charge on any atom is 0.140 e. The van der Waals surface area contributed by atoms with Gasteiger partial charge in [0.1, 0.15) is 17.5 Å². The quantitative estimate of drug-likeness (QED) is 0.853. The topological polar surface area (TPSA) is 49.9 Å². The number of rotatable bonds is 6. The zero-order valence-electron chi connectivity index (χ0n) is 13.6. The van der Waals surface area contributed by atoms with Crippen molar-refractivity contribution in [2.24, 2.45) is 0 Å². The molecule has 0 saturated heterocycles. The summed E-state index contributed by atoms with van der Waals surface area (Å²) in [6.07, 6.45) is -0.0802. The van der Waals surface area contributed by atoms with Crippen LogP contribution in [0, 0.1) is 20.8 Å². The lowest BCUT2D eigenvalue weighted by molar-refractivity contribution is 0.217. The summed E-state index contributed by atoms with van der Waals surface area (Å²) in [5.41, 5.74) is 5.60. The summed E-state index contributed by atoms with van der Waals surface area (Å²) < 4.78 is 6.19. The van der Waals surface area contributed by atoms with Crippen molar-refractivity contribution in [3.63, 3.8) is 0 Å². The Morgan fingerprint density at radius 3 is 2.52 bits per heavy atom. The second-order valence-electron chi connectivity index (χ2n) is 5.47. The molecule has 0 spiro atoms. The van der Waals surface area contributed by atoms with Crippen molar-refractivity contribution < 1.29 is 4.74 Å². The number of nitrogens with zero attached hydrogens (tertiary/aromatic N) is 1. The molecule has 1 unspecified atom stereocenters. The molecule has 0 fully saturated rings. The molecule has 4 nitrogen and oxygen atoms in total. The molecule has 2 rings (SSSR count). The lowest BCUT2D eigenvalue weighted by Gasteiger charge is -2.18. The predicted molar refractivity (Wildman–Crippen MR) is 85.7 cm³/mol. The molecule has 2 N–H and O–H groups in total. The maximum absolute atomic E-state index is 6.19. The van der Waals surface area contributed by atoms with E-state index in [1.807, 2.05) is 0 Å².